The summed E-state index contributed by atoms with van der Waals surface area (Å²) in [5.74, 6) is -0.698. The van der Waals surface area contributed by atoms with Gasteiger partial charge in [0.2, 0.25) is 0 Å². The van der Waals surface area contributed by atoms with Gasteiger partial charge in [-0.25, -0.2) is 0 Å². The Balaban J connectivity index is 0.00000169. The van der Waals surface area contributed by atoms with Crippen LogP contribution in [0.3, 0.4) is 0 Å². The average molecular weight is 201 g/mol. The number of carboxylic acid groups (broad SMARTS) is 1. The van der Waals surface area contributed by atoms with E-state index >= 15 is 0 Å². The fraction of sp³-hybridized carbons (Fsp3) is 0.400. The van der Waals surface area contributed by atoms with Crippen molar-refractivity contribution in [2.75, 3.05) is 0 Å². The van der Waals surface area contributed by atoms with Crippen molar-refractivity contribution in [2.45, 2.75) is 26.2 Å². The third-order valence-electron chi connectivity index (χ3n) is 1.79. The first-order chi connectivity index (χ1) is 6.09. The quantitative estimate of drug-likeness (QED) is 0.508. The van der Waals surface area contributed by atoms with Crippen LogP contribution in [0.1, 0.15) is 31.0 Å². The normalized spacial score (nSPS) is 9.64. The standard InChI is InChI=1S/C10H13NO2.Na/c1-7(2)9-4-3-8(6-11-9)5-10(12)13;/h3-4,6-7H,5H2,1-2H3,(H,12,13);/q;+1/p-1. The smallest absolute Gasteiger partial charge is 0.550 e. The minimum Gasteiger partial charge on any atom is -0.550 e. The molecule has 0 N–H and O–H groups in total. The van der Waals surface area contributed by atoms with Crippen LogP contribution in [0.25, 0.3) is 0 Å². The summed E-state index contributed by atoms with van der Waals surface area (Å²) < 4.78 is 0. The largest absolute Gasteiger partial charge is 1.00 e. The summed E-state index contributed by atoms with van der Waals surface area (Å²) >= 11 is 0. The summed E-state index contributed by atoms with van der Waals surface area (Å²) in [7, 11) is 0. The number of nitrogens with zero attached hydrogens (tertiary/aromatic N) is 1. The predicted molar refractivity (Wildman–Crippen MR) is 47.0 cm³/mol. The van der Waals surface area contributed by atoms with Crippen molar-refractivity contribution in [1.29, 1.82) is 0 Å². The Labute approximate surface area is 106 Å². The summed E-state index contributed by atoms with van der Waals surface area (Å²) in [5.41, 5.74) is 1.66. The van der Waals surface area contributed by atoms with Crippen LogP contribution in [0.4, 0.5) is 0 Å². The Morgan fingerprint density at radius 1 is 1.50 bits per heavy atom. The van der Waals surface area contributed by atoms with E-state index in [2.05, 4.69) is 4.98 Å². The minimum absolute atomic E-state index is 0. The molecule has 0 saturated heterocycles. The van der Waals surface area contributed by atoms with Crippen LogP contribution in [-0.4, -0.2) is 11.0 Å². The molecule has 14 heavy (non-hydrogen) atoms. The maximum absolute atomic E-state index is 10.2. The Morgan fingerprint density at radius 3 is 2.50 bits per heavy atom. The van der Waals surface area contributed by atoms with Crippen molar-refractivity contribution in [3.63, 3.8) is 0 Å². The molecule has 0 aromatic carbocycles. The second-order valence-corrected chi connectivity index (χ2v) is 3.29. The molecule has 3 nitrogen and oxygen atoms in total. The Hall–Kier alpha value is -0.380. The van der Waals surface area contributed by atoms with E-state index in [9.17, 15) is 9.90 Å². The molecule has 0 saturated carbocycles. The van der Waals surface area contributed by atoms with Crippen LogP contribution in [-0.2, 0) is 11.2 Å². The van der Waals surface area contributed by atoms with E-state index in [4.69, 9.17) is 0 Å². The number of pyridine rings is 1. The van der Waals surface area contributed by atoms with Crippen LogP contribution in [0, 0.1) is 0 Å². The van der Waals surface area contributed by atoms with Gasteiger partial charge in [0.05, 0.1) is 0 Å². The molecule has 0 aliphatic carbocycles. The van der Waals surface area contributed by atoms with Gasteiger partial charge < -0.3 is 9.90 Å². The van der Waals surface area contributed by atoms with E-state index in [-0.39, 0.29) is 36.0 Å². The molecule has 1 aromatic rings. The Bertz CT molecular complexity index is 295. The molecule has 0 unspecified atom stereocenters. The van der Waals surface area contributed by atoms with E-state index in [1.54, 1.807) is 12.3 Å². The van der Waals surface area contributed by atoms with Crippen molar-refractivity contribution in [3.05, 3.63) is 29.6 Å². The summed E-state index contributed by atoms with van der Waals surface area (Å²) in [5, 5.41) is 10.2. The van der Waals surface area contributed by atoms with Crippen molar-refractivity contribution >= 4 is 5.97 Å². The molecule has 0 amide bonds. The first-order valence-electron chi connectivity index (χ1n) is 4.24. The molecular weight excluding hydrogens is 189 g/mol. The number of aromatic nitrogens is 1. The zero-order valence-electron chi connectivity index (χ0n) is 8.78. The number of carboxylic acids is 1. The fourth-order valence-electron chi connectivity index (χ4n) is 1.05. The SMILES string of the molecule is CC(C)c1ccc(CC(=O)[O-])cn1.[Na+]. The van der Waals surface area contributed by atoms with Crippen LogP contribution in [0.5, 0.6) is 0 Å². The third-order valence-corrected chi connectivity index (χ3v) is 1.79. The van der Waals surface area contributed by atoms with Crippen LogP contribution < -0.4 is 34.7 Å². The summed E-state index contributed by atoms with van der Waals surface area (Å²) in [6, 6.07) is 3.63. The summed E-state index contributed by atoms with van der Waals surface area (Å²) in [6.45, 7) is 4.08. The van der Waals surface area contributed by atoms with Gasteiger partial charge in [0.1, 0.15) is 0 Å². The predicted octanol–water partition coefficient (Wildman–Crippen LogP) is -2.50. The van der Waals surface area contributed by atoms with E-state index in [0.717, 1.165) is 5.69 Å². The van der Waals surface area contributed by atoms with Gasteiger partial charge in [0.25, 0.3) is 0 Å². The zero-order chi connectivity index (χ0) is 9.84. The summed E-state index contributed by atoms with van der Waals surface area (Å²) in [4.78, 5) is 14.4. The molecular formula is C10H12NNaO2. The molecule has 1 aromatic heterocycles. The van der Waals surface area contributed by atoms with Gasteiger partial charge in [-0.3, -0.25) is 4.98 Å². The van der Waals surface area contributed by atoms with Gasteiger partial charge in [0, 0.05) is 24.3 Å². The monoisotopic (exact) mass is 201 g/mol. The maximum atomic E-state index is 10.2. The first-order valence-corrected chi connectivity index (χ1v) is 4.24. The molecule has 1 heterocycles. The molecule has 0 fully saturated rings. The first kappa shape index (κ1) is 13.6. The second-order valence-electron chi connectivity index (χ2n) is 3.29. The minimum atomic E-state index is -1.07. The van der Waals surface area contributed by atoms with Gasteiger partial charge >= 0.3 is 29.6 Å². The number of hydrogen-bond acceptors (Lipinski definition) is 3. The van der Waals surface area contributed by atoms with Gasteiger partial charge in [0.15, 0.2) is 0 Å². The molecule has 1 rings (SSSR count). The van der Waals surface area contributed by atoms with E-state index in [1.165, 1.54) is 0 Å². The van der Waals surface area contributed by atoms with Crippen molar-refractivity contribution in [1.82, 2.24) is 4.98 Å². The number of carbonyl (C=O) groups is 1. The number of rotatable bonds is 3. The number of aliphatic carboxylic acids is 1. The fourth-order valence-corrected chi connectivity index (χ4v) is 1.05. The molecule has 0 aliphatic heterocycles. The topological polar surface area (TPSA) is 53.0 Å². The van der Waals surface area contributed by atoms with E-state index < -0.39 is 5.97 Å². The molecule has 0 aliphatic rings. The van der Waals surface area contributed by atoms with Crippen molar-refractivity contribution in [2.24, 2.45) is 0 Å². The van der Waals surface area contributed by atoms with Gasteiger partial charge in [-0.1, -0.05) is 19.9 Å². The van der Waals surface area contributed by atoms with Crippen LogP contribution in [0.2, 0.25) is 0 Å². The van der Waals surface area contributed by atoms with Gasteiger partial charge in [-0.05, 0) is 17.5 Å². The number of carbonyl (C=O) groups excluding carboxylic acids is 1. The number of hydrogen-bond donors (Lipinski definition) is 0. The van der Waals surface area contributed by atoms with E-state index in [0.29, 0.717) is 11.5 Å². The Morgan fingerprint density at radius 2 is 2.14 bits per heavy atom. The van der Waals surface area contributed by atoms with Crippen molar-refractivity contribution < 1.29 is 39.5 Å². The van der Waals surface area contributed by atoms with Crippen LogP contribution >= 0.6 is 0 Å². The molecule has 0 radical (unpaired) electrons. The average Bonchev–Trinajstić information content (AvgIpc) is 2.04. The Kier molecular flexibility index (Phi) is 6.00. The molecule has 0 atom stereocenters. The molecule has 70 valence electrons. The van der Waals surface area contributed by atoms with E-state index in [1.807, 2.05) is 19.9 Å². The zero-order valence-corrected chi connectivity index (χ0v) is 10.8. The molecule has 4 heteroatoms. The van der Waals surface area contributed by atoms with Crippen molar-refractivity contribution in [3.8, 4) is 0 Å². The second kappa shape index (κ2) is 6.17. The van der Waals surface area contributed by atoms with Crippen LogP contribution in [0.15, 0.2) is 18.3 Å². The third kappa shape index (κ3) is 4.22. The van der Waals surface area contributed by atoms with Gasteiger partial charge in [-0.15, -0.1) is 0 Å². The van der Waals surface area contributed by atoms with Gasteiger partial charge in [-0.2, -0.15) is 0 Å². The molecule has 0 spiro atoms. The molecule has 0 bridgehead atoms. The maximum Gasteiger partial charge on any atom is 1.00 e. The summed E-state index contributed by atoms with van der Waals surface area (Å²) in [6.07, 6.45) is 1.52.